The van der Waals surface area contributed by atoms with E-state index in [2.05, 4.69) is 43.5 Å². The van der Waals surface area contributed by atoms with Crippen LogP contribution in [0, 0.1) is 5.92 Å². The van der Waals surface area contributed by atoms with Crippen molar-refractivity contribution in [1.29, 1.82) is 0 Å². The summed E-state index contributed by atoms with van der Waals surface area (Å²) in [5.74, 6) is 0.754. The van der Waals surface area contributed by atoms with Crippen LogP contribution in [0.25, 0.3) is 9.75 Å². The lowest BCUT2D eigenvalue weighted by atomic mass is 10.1. The summed E-state index contributed by atoms with van der Waals surface area (Å²) in [6, 6.07) is 8.81. The van der Waals surface area contributed by atoms with Gasteiger partial charge in [-0.05, 0) is 35.9 Å². The van der Waals surface area contributed by atoms with E-state index < -0.39 is 0 Å². The summed E-state index contributed by atoms with van der Waals surface area (Å²) in [7, 11) is 0. The van der Waals surface area contributed by atoms with Gasteiger partial charge in [0.2, 0.25) is 0 Å². The van der Waals surface area contributed by atoms with Gasteiger partial charge in [-0.15, -0.1) is 22.7 Å². The Morgan fingerprint density at radius 2 is 2.00 bits per heavy atom. The molecular formula is C12H14S2. The van der Waals surface area contributed by atoms with Gasteiger partial charge < -0.3 is 0 Å². The van der Waals surface area contributed by atoms with Crippen molar-refractivity contribution in [3.8, 4) is 9.75 Å². The van der Waals surface area contributed by atoms with Gasteiger partial charge in [-0.1, -0.05) is 19.9 Å². The van der Waals surface area contributed by atoms with Gasteiger partial charge in [-0.3, -0.25) is 0 Å². The van der Waals surface area contributed by atoms with E-state index in [0.29, 0.717) is 0 Å². The monoisotopic (exact) mass is 222 g/mol. The Hall–Kier alpha value is -0.600. The molecule has 0 bridgehead atoms. The molecule has 2 aromatic heterocycles. The lowest BCUT2D eigenvalue weighted by Gasteiger charge is -1.99. The van der Waals surface area contributed by atoms with Gasteiger partial charge in [-0.25, -0.2) is 0 Å². The Morgan fingerprint density at radius 1 is 1.14 bits per heavy atom. The summed E-state index contributed by atoms with van der Waals surface area (Å²) >= 11 is 3.75. The minimum Gasteiger partial charge on any atom is -0.143 e. The normalized spacial score (nSPS) is 11.1. The van der Waals surface area contributed by atoms with E-state index in [-0.39, 0.29) is 0 Å². The van der Waals surface area contributed by atoms with E-state index in [1.54, 1.807) is 0 Å². The Kier molecular flexibility index (Phi) is 3.04. The van der Waals surface area contributed by atoms with Crippen molar-refractivity contribution >= 4 is 22.7 Å². The lowest BCUT2D eigenvalue weighted by Crippen LogP contribution is -1.89. The van der Waals surface area contributed by atoms with E-state index in [1.165, 1.54) is 21.1 Å². The third-order valence-electron chi connectivity index (χ3n) is 2.04. The van der Waals surface area contributed by atoms with Crippen LogP contribution < -0.4 is 0 Å². The number of hydrogen-bond donors (Lipinski definition) is 0. The summed E-state index contributed by atoms with van der Waals surface area (Å²) in [6.45, 7) is 4.54. The second-order valence-electron chi connectivity index (χ2n) is 3.84. The summed E-state index contributed by atoms with van der Waals surface area (Å²) in [5, 5.41) is 2.14. The van der Waals surface area contributed by atoms with E-state index in [9.17, 15) is 0 Å². The fourth-order valence-electron chi connectivity index (χ4n) is 1.44. The molecule has 0 amide bonds. The van der Waals surface area contributed by atoms with Crippen LogP contribution in [0.5, 0.6) is 0 Å². The van der Waals surface area contributed by atoms with Crippen LogP contribution in [-0.4, -0.2) is 0 Å². The van der Waals surface area contributed by atoms with Gasteiger partial charge in [0.25, 0.3) is 0 Å². The zero-order valence-electron chi connectivity index (χ0n) is 8.49. The summed E-state index contributed by atoms with van der Waals surface area (Å²) in [5.41, 5.74) is 0. The summed E-state index contributed by atoms with van der Waals surface area (Å²) in [6.07, 6.45) is 1.20. The van der Waals surface area contributed by atoms with Gasteiger partial charge >= 0.3 is 0 Å². The largest absolute Gasteiger partial charge is 0.143 e. The van der Waals surface area contributed by atoms with E-state index in [4.69, 9.17) is 0 Å². The quantitative estimate of drug-likeness (QED) is 0.707. The minimum atomic E-state index is 0.754. The van der Waals surface area contributed by atoms with Crippen LogP contribution in [0.3, 0.4) is 0 Å². The lowest BCUT2D eigenvalue weighted by molar-refractivity contribution is 0.654. The van der Waals surface area contributed by atoms with Crippen molar-refractivity contribution in [2.75, 3.05) is 0 Å². The molecule has 0 saturated heterocycles. The molecule has 74 valence electrons. The molecule has 0 radical (unpaired) electrons. The molecule has 0 aliphatic heterocycles. The van der Waals surface area contributed by atoms with Crippen LogP contribution in [-0.2, 0) is 6.42 Å². The Bertz CT molecular complexity index is 382. The van der Waals surface area contributed by atoms with E-state index in [0.717, 1.165) is 5.92 Å². The first kappa shape index (κ1) is 9.94. The predicted octanol–water partition coefficient (Wildman–Crippen LogP) is 4.68. The molecule has 14 heavy (non-hydrogen) atoms. The van der Waals surface area contributed by atoms with E-state index in [1.807, 2.05) is 22.7 Å². The first-order valence-electron chi connectivity index (χ1n) is 4.88. The first-order valence-corrected chi connectivity index (χ1v) is 6.58. The Labute approximate surface area is 93.2 Å². The highest BCUT2D eigenvalue weighted by Crippen LogP contribution is 2.32. The highest BCUT2D eigenvalue weighted by Gasteiger charge is 2.04. The average molecular weight is 222 g/mol. The van der Waals surface area contributed by atoms with Crippen LogP contribution in [0.1, 0.15) is 18.7 Å². The molecule has 0 aromatic carbocycles. The van der Waals surface area contributed by atoms with Crippen LogP contribution >= 0.6 is 22.7 Å². The molecule has 2 aromatic rings. The van der Waals surface area contributed by atoms with Crippen molar-refractivity contribution in [1.82, 2.24) is 0 Å². The molecule has 0 unspecified atom stereocenters. The van der Waals surface area contributed by atoms with Crippen molar-refractivity contribution in [3.05, 3.63) is 34.5 Å². The molecule has 2 heterocycles. The smallest absolute Gasteiger partial charge is 0.0445 e. The van der Waals surface area contributed by atoms with E-state index >= 15 is 0 Å². The molecule has 0 atom stereocenters. The van der Waals surface area contributed by atoms with Gasteiger partial charge in [0.1, 0.15) is 0 Å². The maximum Gasteiger partial charge on any atom is 0.0445 e. The van der Waals surface area contributed by atoms with Gasteiger partial charge in [0.15, 0.2) is 0 Å². The molecule has 0 aliphatic rings. The van der Waals surface area contributed by atoms with Crippen LogP contribution in [0.2, 0.25) is 0 Å². The molecule has 2 rings (SSSR count). The van der Waals surface area contributed by atoms with Crippen LogP contribution in [0.15, 0.2) is 29.6 Å². The first-order chi connectivity index (χ1) is 6.75. The van der Waals surface area contributed by atoms with Crippen molar-refractivity contribution in [3.63, 3.8) is 0 Å². The predicted molar refractivity (Wildman–Crippen MR) is 66.2 cm³/mol. The molecule has 0 aliphatic carbocycles. The number of hydrogen-bond acceptors (Lipinski definition) is 2. The average Bonchev–Trinajstić information content (AvgIpc) is 2.69. The highest BCUT2D eigenvalue weighted by atomic mass is 32.1. The molecule has 0 nitrogen and oxygen atoms in total. The number of thiophene rings is 2. The maximum atomic E-state index is 2.27. The van der Waals surface area contributed by atoms with Gasteiger partial charge in [0, 0.05) is 14.6 Å². The molecule has 2 heteroatoms. The standard InChI is InChI=1S/C12H14S2/c1-9(2)8-10-5-6-12(14-10)11-4-3-7-13-11/h3-7,9H,8H2,1-2H3. The fourth-order valence-corrected chi connectivity index (χ4v) is 3.50. The molecule has 0 fully saturated rings. The molecule has 0 saturated carbocycles. The third kappa shape index (κ3) is 2.25. The zero-order chi connectivity index (χ0) is 9.97. The minimum absolute atomic E-state index is 0.754. The topological polar surface area (TPSA) is 0 Å². The number of rotatable bonds is 3. The van der Waals surface area contributed by atoms with Crippen molar-refractivity contribution in [2.24, 2.45) is 5.92 Å². The summed E-state index contributed by atoms with van der Waals surface area (Å²) in [4.78, 5) is 4.31. The molecule has 0 spiro atoms. The van der Waals surface area contributed by atoms with Crippen molar-refractivity contribution < 1.29 is 0 Å². The third-order valence-corrected chi connectivity index (χ3v) is 4.21. The Balaban J connectivity index is 2.18. The highest BCUT2D eigenvalue weighted by molar-refractivity contribution is 7.21. The zero-order valence-corrected chi connectivity index (χ0v) is 10.1. The Morgan fingerprint density at radius 3 is 2.64 bits per heavy atom. The fraction of sp³-hybridized carbons (Fsp3) is 0.333. The van der Waals surface area contributed by atoms with Gasteiger partial charge in [0.05, 0.1) is 0 Å². The molecule has 0 N–H and O–H groups in total. The molecular weight excluding hydrogens is 208 g/mol. The SMILES string of the molecule is CC(C)Cc1ccc(-c2cccs2)s1. The summed E-state index contributed by atoms with van der Waals surface area (Å²) < 4.78 is 0. The van der Waals surface area contributed by atoms with Crippen molar-refractivity contribution in [2.45, 2.75) is 20.3 Å². The maximum absolute atomic E-state index is 2.27. The second-order valence-corrected chi connectivity index (χ2v) is 5.96. The van der Waals surface area contributed by atoms with Crippen LogP contribution in [0.4, 0.5) is 0 Å². The second kappa shape index (κ2) is 4.28. The van der Waals surface area contributed by atoms with Gasteiger partial charge in [-0.2, -0.15) is 0 Å².